The second-order valence-corrected chi connectivity index (χ2v) is 16.1. The predicted molar refractivity (Wildman–Crippen MR) is 242 cm³/mol. The van der Waals surface area contributed by atoms with E-state index in [0.29, 0.717) is 47.9 Å². The number of aliphatic hydroxyl groups is 2. The maximum Gasteiger partial charge on any atom is 0.163 e. The van der Waals surface area contributed by atoms with Crippen molar-refractivity contribution in [2.24, 2.45) is 0 Å². The molecule has 14 nitrogen and oxygen atoms in total. The Bertz CT molecular complexity index is 1960. The van der Waals surface area contributed by atoms with Gasteiger partial charge in [0.15, 0.2) is 23.0 Å². The second-order valence-electron chi connectivity index (χ2n) is 16.1. The summed E-state index contributed by atoms with van der Waals surface area (Å²) in [5, 5.41) is 29.2. The highest BCUT2D eigenvalue weighted by atomic mass is 16.5. The quantitative estimate of drug-likeness (QED) is 0.0951. The van der Waals surface area contributed by atoms with Crippen LogP contribution in [0.3, 0.4) is 0 Å². The van der Waals surface area contributed by atoms with Gasteiger partial charge in [-0.25, -0.2) is 9.97 Å². The molecule has 0 bridgehead atoms. The summed E-state index contributed by atoms with van der Waals surface area (Å²) in [5.41, 5.74) is 4.27. The molecule has 8 rings (SSSR count). The van der Waals surface area contributed by atoms with Crippen molar-refractivity contribution in [2.75, 3.05) is 118 Å². The SMILES string of the molecule is CC.CNc1cc(C2CCOCC2)c2cc(OC)c(OC[C@H](O)CN3CCC3)cc2n1.CNc1cc(C2CCOCC2)c2cc(OC)c(OC[C@H](O)CN3CCCC3)cc2n1. The van der Waals surface area contributed by atoms with Gasteiger partial charge in [0.25, 0.3) is 0 Å². The lowest BCUT2D eigenvalue weighted by molar-refractivity contribution is 0.0460. The molecule has 0 unspecified atom stereocenters. The fourth-order valence-electron chi connectivity index (χ4n) is 8.62. The zero-order valence-corrected chi connectivity index (χ0v) is 37.3. The molecule has 2 atom stereocenters. The van der Waals surface area contributed by atoms with E-state index in [0.717, 1.165) is 112 Å². The van der Waals surface area contributed by atoms with Gasteiger partial charge in [-0.3, -0.25) is 0 Å². The average Bonchev–Trinajstić information content (AvgIpc) is 3.81. The molecule has 4 aromatic rings. The van der Waals surface area contributed by atoms with Crippen LogP contribution < -0.4 is 29.6 Å². The van der Waals surface area contributed by atoms with Gasteiger partial charge in [0.05, 0.1) is 25.3 Å². The Morgan fingerprint density at radius 1 is 0.607 bits per heavy atom. The number of hydrogen-bond acceptors (Lipinski definition) is 14. The number of ether oxygens (including phenoxy) is 6. The Morgan fingerprint density at radius 2 is 1.00 bits per heavy atom. The van der Waals surface area contributed by atoms with Gasteiger partial charge >= 0.3 is 0 Å². The first-order valence-electron chi connectivity index (χ1n) is 22.5. The van der Waals surface area contributed by atoms with Crippen LogP contribution in [0.15, 0.2) is 36.4 Å². The number of likely N-dealkylation sites (tertiary alicyclic amines) is 2. The van der Waals surface area contributed by atoms with E-state index in [1.54, 1.807) is 14.2 Å². The monoisotopic (exact) mass is 847 g/mol. The summed E-state index contributed by atoms with van der Waals surface area (Å²) in [7, 11) is 7.07. The van der Waals surface area contributed by atoms with Gasteiger partial charge in [-0.15, -0.1) is 0 Å². The summed E-state index contributed by atoms with van der Waals surface area (Å²) in [6.45, 7) is 13.1. The van der Waals surface area contributed by atoms with Crippen molar-refractivity contribution in [1.29, 1.82) is 0 Å². The molecule has 4 fully saturated rings. The van der Waals surface area contributed by atoms with Crippen LogP contribution in [-0.2, 0) is 9.47 Å². The molecule has 14 heteroatoms. The van der Waals surface area contributed by atoms with E-state index in [9.17, 15) is 10.2 Å². The van der Waals surface area contributed by atoms with E-state index in [2.05, 4.69) is 32.6 Å². The Morgan fingerprint density at radius 3 is 1.34 bits per heavy atom. The van der Waals surface area contributed by atoms with E-state index in [1.165, 1.54) is 30.4 Å². The van der Waals surface area contributed by atoms with Crippen molar-refractivity contribution in [3.63, 3.8) is 0 Å². The Hall–Kier alpha value is -4.18. The minimum absolute atomic E-state index is 0.233. The molecular weight excluding hydrogens is 777 g/mol. The third-order valence-corrected chi connectivity index (χ3v) is 12.0. The number of fused-ring (bicyclic) bond motifs is 2. The lowest BCUT2D eigenvalue weighted by Crippen LogP contribution is -2.43. The van der Waals surface area contributed by atoms with Gasteiger partial charge in [0, 0.05) is 76.5 Å². The smallest absolute Gasteiger partial charge is 0.163 e. The number of nitrogens with zero attached hydrogens (tertiary/aromatic N) is 4. The summed E-state index contributed by atoms with van der Waals surface area (Å²) in [6, 6.07) is 12.2. The number of β-amino-alcohol motifs (C(OH)–C–C–N with tert-alkyl or cyclic N) is 2. The number of benzene rings is 2. The first kappa shape index (κ1) is 46.3. The van der Waals surface area contributed by atoms with Crippen molar-refractivity contribution < 1.29 is 38.6 Å². The van der Waals surface area contributed by atoms with Gasteiger partial charge in [0.2, 0.25) is 0 Å². The molecule has 0 saturated carbocycles. The largest absolute Gasteiger partial charge is 0.493 e. The van der Waals surface area contributed by atoms with Crippen LogP contribution in [-0.4, -0.2) is 149 Å². The number of aromatic nitrogens is 2. The summed E-state index contributed by atoms with van der Waals surface area (Å²) in [6.07, 6.45) is 6.60. The van der Waals surface area contributed by atoms with Gasteiger partial charge in [0.1, 0.15) is 37.1 Å². The van der Waals surface area contributed by atoms with Crippen molar-refractivity contribution >= 4 is 33.4 Å². The van der Waals surface area contributed by atoms with Crippen molar-refractivity contribution in [1.82, 2.24) is 19.8 Å². The summed E-state index contributed by atoms with van der Waals surface area (Å²) in [4.78, 5) is 14.0. The minimum atomic E-state index is -0.530. The highest BCUT2D eigenvalue weighted by molar-refractivity contribution is 5.89. The Kier molecular flexibility index (Phi) is 17.7. The normalized spacial score (nSPS) is 18.6. The highest BCUT2D eigenvalue weighted by Gasteiger charge is 2.24. The molecule has 4 aliphatic heterocycles. The maximum atomic E-state index is 10.4. The van der Waals surface area contributed by atoms with Crippen LogP contribution in [0.4, 0.5) is 11.6 Å². The molecule has 0 spiro atoms. The zero-order chi connectivity index (χ0) is 43.1. The first-order valence-corrected chi connectivity index (χ1v) is 22.5. The number of aliphatic hydroxyl groups excluding tert-OH is 2. The molecule has 2 aromatic carbocycles. The van der Waals surface area contributed by atoms with Gasteiger partial charge in [-0.2, -0.15) is 0 Å². The van der Waals surface area contributed by atoms with Crippen molar-refractivity contribution in [2.45, 2.75) is 82.8 Å². The number of anilines is 2. The van der Waals surface area contributed by atoms with Gasteiger partial charge in [-0.1, -0.05) is 13.8 Å². The van der Waals surface area contributed by atoms with E-state index < -0.39 is 12.2 Å². The lowest BCUT2D eigenvalue weighted by Gasteiger charge is -2.32. The van der Waals surface area contributed by atoms with E-state index in [4.69, 9.17) is 38.4 Å². The molecular formula is C47H70N6O8. The van der Waals surface area contributed by atoms with Crippen LogP contribution in [0.2, 0.25) is 0 Å². The number of hydrogen-bond donors (Lipinski definition) is 4. The van der Waals surface area contributed by atoms with Crippen LogP contribution in [0, 0.1) is 0 Å². The molecule has 0 amide bonds. The molecule has 0 radical (unpaired) electrons. The molecule has 336 valence electrons. The van der Waals surface area contributed by atoms with E-state index >= 15 is 0 Å². The number of methoxy groups -OCH3 is 2. The zero-order valence-electron chi connectivity index (χ0n) is 37.3. The molecule has 6 heterocycles. The number of nitrogens with one attached hydrogen (secondary N) is 2. The third kappa shape index (κ3) is 12.3. The molecule has 61 heavy (non-hydrogen) atoms. The molecule has 2 aromatic heterocycles. The van der Waals surface area contributed by atoms with Crippen LogP contribution in [0.25, 0.3) is 21.8 Å². The fraction of sp³-hybridized carbons (Fsp3) is 0.617. The average molecular weight is 847 g/mol. The summed E-state index contributed by atoms with van der Waals surface area (Å²) < 4.78 is 34.3. The first-order chi connectivity index (χ1) is 29.8. The fourth-order valence-corrected chi connectivity index (χ4v) is 8.62. The Labute approximate surface area is 362 Å². The molecule has 0 aliphatic carbocycles. The number of rotatable bonds is 16. The van der Waals surface area contributed by atoms with E-state index in [-0.39, 0.29) is 13.2 Å². The molecule has 4 aliphatic rings. The lowest BCUT2D eigenvalue weighted by atomic mass is 9.89. The molecule has 4 N–H and O–H groups in total. The van der Waals surface area contributed by atoms with Gasteiger partial charge in [-0.05, 0) is 118 Å². The van der Waals surface area contributed by atoms with Crippen molar-refractivity contribution in [3.8, 4) is 23.0 Å². The summed E-state index contributed by atoms with van der Waals surface area (Å²) >= 11 is 0. The summed E-state index contributed by atoms with van der Waals surface area (Å²) in [5.74, 6) is 5.13. The molecule has 4 saturated heterocycles. The maximum absolute atomic E-state index is 10.4. The van der Waals surface area contributed by atoms with E-state index in [1.807, 2.05) is 52.2 Å². The minimum Gasteiger partial charge on any atom is -0.493 e. The number of pyridine rings is 2. The second kappa shape index (κ2) is 23.3. The van der Waals surface area contributed by atoms with Crippen LogP contribution in [0.5, 0.6) is 23.0 Å². The van der Waals surface area contributed by atoms with Crippen LogP contribution >= 0.6 is 0 Å². The van der Waals surface area contributed by atoms with Crippen molar-refractivity contribution in [3.05, 3.63) is 47.5 Å². The van der Waals surface area contributed by atoms with Crippen LogP contribution in [0.1, 0.15) is 81.8 Å². The third-order valence-electron chi connectivity index (χ3n) is 12.0. The highest BCUT2D eigenvalue weighted by Crippen LogP contribution is 2.40. The topological polar surface area (TPSA) is 152 Å². The standard InChI is InChI=1S/C23H33N3O4.C22H31N3O4.C2H6/c1-24-23-12-18(16-5-9-29-10-6-16)19-11-21(28-2)22(13-20(19)25-23)30-15-17(27)14-26-7-3-4-8-26;1-23-22-11-17(15-4-8-28-9-5-15)18-10-20(27-2)21(12-19(18)24-22)29-14-16(26)13-25-6-3-7-25;1-2/h11-13,16-17,27H,3-10,14-15H2,1-2H3,(H,24,25);10-12,15-16,26H,3-9,13-14H2,1-2H3,(H,23,24);1-2H3/t17-;16-;/m11./s1. The Balaban J connectivity index is 0.000000196. The van der Waals surface area contributed by atoms with Gasteiger partial charge < -0.3 is 59.1 Å². The predicted octanol–water partition coefficient (Wildman–Crippen LogP) is 6.67.